The standard InChI is InChI=1S/C7H9F3O6/c8-7(9,10)5(14)16-6(2-11)4(13)3(12)1-15-6/h3-4,11-13H,1-2H2. The lowest BCUT2D eigenvalue weighted by Crippen LogP contribution is -2.51. The van der Waals surface area contributed by atoms with Gasteiger partial charge in [-0.05, 0) is 0 Å². The monoisotopic (exact) mass is 246 g/mol. The van der Waals surface area contributed by atoms with Gasteiger partial charge in [0.05, 0.1) is 6.61 Å². The molecule has 0 aliphatic carbocycles. The molecule has 16 heavy (non-hydrogen) atoms. The van der Waals surface area contributed by atoms with Gasteiger partial charge in [-0.1, -0.05) is 0 Å². The van der Waals surface area contributed by atoms with E-state index >= 15 is 0 Å². The molecule has 0 saturated carbocycles. The third-order valence-electron chi connectivity index (χ3n) is 2.03. The minimum absolute atomic E-state index is 0.549. The van der Waals surface area contributed by atoms with Gasteiger partial charge in [0.1, 0.15) is 18.8 Å². The molecule has 3 unspecified atom stereocenters. The highest BCUT2D eigenvalue weighted by molar-refractivity contribution is 5.76. The summed E-state index contributed by atoms with van der Waals surface area (Å²) in [4.78, 5) is 10.5. The van der Waals surface area contributed by atoms with Crippen molar-refractivity contribution in [2.24, 2.45) is 0 Å². The van der Waals surface area contributed by atoms with Gasteiger partial charge < -0.3 is 24.8 Å². The zero-order valence-electron chi connectivity index (χ0n) is 7.77. The summed E-state index contributed by atoms with van der Waals surface area (Å²) in [5, 5.41) is 27.0. The number of carbonyl (C=O) groups is 1. The van der Waals surface area contributed by atoms with E-state index in [1.54, 1.807) is 0 Å². The second-order valence-corrected chi connectivity index (χ2v) is 3.18. The SMILES string of the molecule is O=C(OC1(CO)OCC(O)C1O)C(F)(F)F. The molecule has 1 fully saturated rings. The van der Waals surface area contributed by atoms with E-state index in [-0.39, 0.29) is 0 Å². The van der Waals surface area contributed by atoms with Crippen molar-refractivity contribution in [1.82, 2.24) is 0 Å². The van der Waals surface area contributed by atoms with Gasteiger partial charge in [-0.2, -0.15) is 13.2 Å². The van der Waals surface area contributed by atoms with Crippen molar-refractivity contribution in [3.05, 3.63) is 0 Å². The fourth-order valence-corrected chi connectivity index (χ4v) is 1.17. The molecule has 1 heterocycles. The first-order valence-electron chi connectivity index (χ1n) is 4.14. The number of carbonyl (C=O) groups excluding carboxylic acids is 1. The fraction of sp³-hybridized carbons (Fsp3) is 0.857. The number of hydrogen-bond donors (Lipinski definition) is 3. The van der Waals surface area contributed by atoms with Crippen molar-refractivity contribution in [2.75, 3.05) is 13.2 Å². The lowest BCUT2D eigenvalue weighted by molar-refractivity contribution is -0.278. The molecule has 94 valence electrons. The van der Waals surface area contributed by atoms with Crippen molar-refractivity contribution in [3.63, 3.8) is 0 Å². The van der Waals surface area contributed by atoms with Crippen LogP contribution in [-0.2, 0) is 14.3 Å². The van der Waals surface area contributed by atoms with E-state index in [1.165, 1.54) is 0 Å². The van der Waals surface area contributed by atoms with Crippen LogP contribution in [0.2, 0.25) is 0 Å². The van der Waals surface area contributed by atoms with Crippen molar-refractivity contribution in [3.8, 4) is 0 Å². The topological polar surface area (TPSA) is 96.2 Å². The Balaban J connectivity index is 2.80. The van der Waals surface area contributed by atoms with Gasteiger partial charge in [0.2, 0.25) is 0 Å². The number of halogens is 3. The summed E-state index contributed by atoms with van der Waals surface area (Å²) in [6.07, 6.45) is -8.75. The minimum Gasteiger partial charge on any atom is -0.421 e. The predicted octanol–water partition coefficient (Wildman–Crippen LogP) is -1.47. The van der Waals surface area contributed by atoms with E-state index < -0.39 is 43.4 Å². The molecule has 0 aromatic carbocycles. The molecule has 0 aromatic rings. The maximum absolute atomic E-state index is 11.9. The fourth-order valence-electron chi connectivity index (χ4n) is 1.17. The molecule has 6 nitrogen and oxygen atoms in total. The minimum atomic E-state index is -5.28. The van der Waals surface area contributed by atoms with Crippen LogP contribution in [-0.4, -0.2) is 58.7 Å². The number of aliphatic hydroxyl groups excluding tert-OH is 3. The van der Waals surface area contributed by atoms with Crippen LogP contribution in [0.3, 0.4) is 0 Å². The first-order chi connectivity index (χ1) is 7.23. The normalized spacial score (nSPS) is 35.1. The van der Waals surface area contributed by atoms with E-state index in [4.69, 9.17) is 10.2 Å². The molecule has 9 heteroatoms. The Labute approximate surface area is 87.2 Å². The van der Waals surface area contributed by atoms with Crippen LogP contribution in [0.1, 0.15) is 0 Å². The smallest absolute Gasteiger partial charge is 0.421 e. The van der Waals surface area contributed by atoms with Gasteiger partial charge in [-0.3, -0.25) is 0 Å². The van der Waals surface area contributed by atoms with Gasteiger partial charge in [0, 0.05) is 0 Å². The number of hydrogen-bond acceptors (Lipinski definition) is 6. The Morgan fingerprint density at radius 3 is 2.38 bits per heavy atom. The molecular formula is C7H9F3O6. The van der Waals surface area contributed by atoms with Gasteiger partial charge in [-0.15, -0.1) is 0 Å². The molecule has 0 radical (unpaired) electrons. The zero-order chi connectivity index (χ0) is 12.6. The Bertz CT molecular complexity index is 280. The van der Waals surface area contributed by atoms with Gasteiger partial charge >= 0.3 is 12.1 Å². The average molecular weight is 246 g/mol. The van der Waals surface area contributed by atoms with E-state index in [9.17, 15) is 23.1 Å². The highest BCUT2D eigenvalue weighted by Crippen LogP contribution is 2.30. The van der Waals surface area contributed by atoms with Crippen molar-refractivity contribution in [1.29, 1.82) is 0 Å². The van der Waals surface area contributed by atoms with E-state index in [1.807, 2.05) is 0 Å². The summed E-state index contributed by atoms with van der Waals surface area (Å²) < 4.78 is 44.0. The largest absolute Gasteiger partial charge is 0.491 e. The Hall–Kier alpha value is -0.900. The van der Waals surface area contributed by atoms with Crippen molar-refractivity contribution in [2.45, 2.75) is 24.2 Å². The van der Waals surface area contributed by atoms with Gasteiger partial charge in [0.25, 0.3) is 5.79 Å². The molecule has 3 N–H and O–H groups in total. The van der Waals surface area contributed by atoms with E-state index in [2.05, 4.69) is 9.47 Å². The molecule has 1 aliphatic rings. The molecule has 1 rings (SSSR count). The maximum atomic E-state index is 11.9. The van der Waals surface area contributed by atoms with Crippen LogP contribution in [0, 0.1) is 0 Å². The third kappa shape index (κ3) is 2.26. The summed E-state index contributed by atoms with van der Waals surface area (Å²) in [6, 6.07) is 0. The van der Waals surface area contributed by atoms with Crippen molar-refractivity contribution >= 4 is 5.97 Å². The first kappa shape index (κ1) is 13.2. The van der Waals surface area contributed by atoms with E-state index in [0.717, 1.165) is 0 Å². The lowest BCUT2D eigenvalue weighted by atomic mass is 10.1. The molecular weight excluding hydrogens is 237 g/mol. The Morgan fingerprint density at radius 1 is 1.50 bits per heavy atom. The molecule has 1 aliphatic heterocycles. The van der Waals surface area contributed by atoms with Gasteiger partial charge in [-0.25, -0.2) is 4.79 Å². The third-order valence-corrected chi connectivity index (χ3v) is 2.03. The summed E-state index contributed by atoms with van der Waals surface area (Å²) in [7, 11) is 0. The molecule has 0 spiro atoms. The molecule has 0 bridgehead atoms. The summed E-state index contributed by atoms with van der Waals surface area (Å²) in [5.41, 5.74) is 0. The van der Waals surface area contributed by atoms with Crippen LogP contribution in [0.4, 0.5) is 13.2 Å². The Kier molecular flexibility index (Phi) is 3.43. The quantitative estimate of drug-likeness (QED) is 0.515. The highest BCUT2D eigenvalue weighted by Gasteiger charge is 2.56. The summed E-state index contributed by atoms with van der Waals surface area (Å²) in [6.45, 7) is -1.75. The first-order valence-corrected chi connectivity index (χ1v) is 4.14. The maximum Gasteiger partial charge on any atom is 0.491 e. The summed E-state index contributed by atoms with van der Waals surface area (Å²) in [5.74, 6) is -5.18. The zero-order valence-corrected chi connectivity index (χ0v) is 7.77. The average Bonchev–Trinajstić information content (AvgIpc) is 2.46. The van der Waals surface area contributed by atoms with Crippen molar-refractivity contribution < 1.29 is 42.8 Å². The van der Waals surface area contributed by atoms with Crippen LogP contribution >= 0.6 is 0 Å². The summed E-state index contributed by atoms with van der Waals surface area (Å²) >= 11 is 0. The van der Waals surface area contributed by atoms with Gasteiger partial charge in [0.15, 0.2) is 0 Å². The highest BCUT2D eigenvalue weighted by atomic mass is 19.4. The molecule has 0 amide bonds. The van der Waals surface area contributed by atoms with Crippen LogP contribution in [0.15, 0.2) is 0 Å². The second-order valence-electron chi connectivity index (χ2n) is 3.18. The molecule has 3 atom stereocenters. The van der Waals surface area contributed by atoms with Crippen LogP contribution in [0.5, 0.6) is 0 Å². The number of esters is 1. The predicted molar refractivity (Wildman–Crippen MR) is 39.9 cm³/mol. The number of rotatable bonds is 2. The van der Waals surface area contributed by atoms with E-state index in [0.29, 0.717) is 0 Å². The number of ether oxygens (including phenoxy) is 2. The molecule has 0 aromatic heterocycles. The van der Waals surface area contributed by atoms with Crippen LogP contribution < -0.4 is 0 Å². The lowest BCUT2D eigenvalue weighted by Gasteiger charge is -2.29. The second kappa shape index (κ2) is 4.17. The number of aliphatic hydroxyl groups is 3. The Morgan fingerprint density at radius 2 is 2.06 bits per heavy atom. The molecule has 1 saturated heterocycles. The van der Waals surface area contributed by atoms with Crippen LogP contribution in [0.25, 0.3) is 0 Å². The number of alkyl halides is 3.